The largest absolute Gasteiger partial charge is 0.409 e. The molecule has 3 N–H and O–H groups in total. The Hall–Kier alpha value is -1.56. The lowest BCUT2D eigenvalue weighted by molar-refractivity contribution is 0.0803. The van der Waals surface area contributed by atoms with E-state index in [1.54, 1.807) is 11.9 Å². The highest BCUT2D eigenvalue weighted by Crippen LogP contribution is 2.21. The van der Waals surface area contributed by atoms with Crippen LogP contribution in [0.25, 0.3) is 0 Å². The molecule has 6 heteroatoms. The van der Waals surface area contributed by atoms with E-state index in [1.165, 1.54) is 11.3 Å². The third-order valence-corrected chi connectivity index (χ3v) is 3.70. The fourth-order valence-electron chi connectivity index (χ4n) is 1.30. The molecule has 0 fully saturated rings. The summed E-state index contributed by atoms with van der Waals surface area (Å²) >= 11 is 1.49. The van der Waals surface area contributed by atoms with Gasteiger partial charge in [0.1, 0.15) is 5.84 Å². The van der Waals surface area contributed by atoms with Gasteiger partial charge in [-0.25, -0.2) is 0 Å². The zero-order valence-electron chi connectivity index (χ0n) is 10.2. The van der Waals surface area contributed by atoms with Gasteiger partial charge in [-0.05, 0) is 25.5 Å². The van der Waals surface area contributed by atoms with E-state index in [0.29, 0.717) is 13.0 Å². The fourth-order valence-corrected chi connectivity index (χ4v) is 2.33. The molecule has 0 atom stereocenters. The lowest BCUT2D eigenvalue weighted by Crippen LogP contribution is -2.30. The van der Waals surface area contributed by atoms with Gasteiger partial charge in [-0.2, -0.15) is 0 Å². The number of nitrogens with zero attached hydrogens (tertiary/aromatic N) is 2. The normalized spacial score (nSPS) is 11.6. The molecule has 0 saturated heterocycles. The maximum atomic E-state index is 12.0. The van der Waals surface area contributed by atoms with Gasteiger partial charge in [-0.1, -0.05) is 5.16 Å². The first-order valence-electron chi connectivity index (χ1n) is 5.24. The molecule has 0 aromatic carbocycles. The summed E-state index contributed by atoms with van der Waals surface area (Å²) < 4.78 is 0. The zero-order valence-corrected chi connectivity index (χ0v) is 11.0. The van der Waals surface area contributed by atoms with Crippen molar-refractivity contribution in [1.29, 1.82) is 0 Å². The van der Waals surface area contributed by atoms with Gasteiger partial charge in [-0.3, -0.25) is 4.79 Å². The second kappa shape index (κ2) is 5.67. The van der Waals surface area contributed by atoms with Crippen LogP contribution in [0, 0.1) is 13.8 Å². The summed E-state index contributed by atoms with van der Waals surface area (Å²) in [5.74, 6) is 0.0973. The Morgan fingerprint density at radius 2 is 2.24 bits per heavy atom. The molecule has 1 heterocycles. The molecule has 0 radical (unpaired) electrons. The van der Waals surface area contributed by atoms with Gasteiger partial charge in [0.25, 0.3) is 5.91 Å². The van der Waals surface area contributed by atoms with Gasteiger partial charge in [0.15, 0.2) is 0 Å². The summed E-state index contributed by atoms with van der Waals surface area (Å²) in [7, 11) is 1.71. The molecule has 0 aliphatic rings. The molecule has 1 amide bonds. The maximum absolute atomic E-state index is 12.0. The van der Waals surface area contributed by atoms with Crippen LogP contribution in [0.4, 0.5) is 0 Å². The lowest BCUT2D eigenvalue weighted by Gasteiger charge is -2.15. The van der Waals surface area contributed by atoms with Crippen molar-refractivity contribution in [1.82, 2.24) is 4.90 Å². The number of oxime groups is 1. The van der Waals surface area contributed by atoms with E-state index in [-0.39, 0.29) is 11.7 Å². The third-order valence-electron chi connectivity index (χ3n) is 2.56. The summed E-state index contributed by atoms with van der Waals surface area (Å²) in [6, 6.07) is 1.89. The topological polar surface area (TPSA) is 78.9 Å². The van der Waals surface area contributed by atoms with Crippen LogP contribution in [0.2, 0.25) is 0 Å². The fraction of sp³-hybridized carbons (Fsp3) is 0.455. The van der Waals surface area contributed by atoms with Crippen molar-refractivity contribution in [3.63, 3.8) is 0 Å². The highest BCUT2D eigenvalue weighted by Gasteiger charge is 2.15. The Bertz CT molecular complexity index is 420. The standard InChI is InChI=1S/C11H17N3O2S/c1-7-6-9(17-8(7)2)11(15)14(3)5-4-10(12)13-16/h6,16H,4-5H2,1-3H3,(H2,12,13). The monoisotopic (exact) mass is 255 g/mol. The van der Waals surface area contributed by atoms with Crippen molar-refractivity contribution < 1.29 is 10.0 Å². The number of hydrogen-bond acceptors (Lipinski definition) is 4. The second-order valence-corrected chi connectivity index (χ2v) is 5.17. The Labute approximate surface area is 105 Å². The maximum Gasteiger partial charge on any atom is 0.263 e. The number of hydrogen-bond donors (Lipinski definition) is 2. The van der Waals surface area contributed by atoms with E-state index >= 15 is 0 Å². The lowest BCUT2D eigenvalue weighted by atomic mass is 10.2. The van der Waals surface area contributed by atoms with Crippen molar-refractivity contribution in [3.05, 3.63) is 21.4 Å². The van der Waals surface area contributed by atoms with Gasteiger partial charge in [0.05, 0.1) is 4.88 Å². The van der Waals surface area contributed by atoms with Crippen LogP contribution in [-0.4, -0.2) is 35.4 Å². The number of amidine groups is 1. The molecule has 0 saturated carbocycles. The third kappa shape index (κ3) is 3.45. The number of thiophene rings is 1. The van der Waals surface area contributed by atoms with Gasteiger partial charge in [0, 0.05) is 24.9 Å². The van der Waals surface area contributed by atoms with Crippen LogP contribution in [0.3, 0.4) is 0 Å². The first kappa shape index (κ1) is 13.5. The SMILES string of the molecule is Cc1cc(C(=O)N(C)CCC(N)=NO)sc1C. The molecule has 0 aliphatic carbocycles. The van der Waals surface area contributed by atoms with Crippen LogP contribution in [0.5, 0.6) is 0 Å². The number of amides is 1. The van der Waals surface area contributed by atoms with Crippen molar-refractivity contribution in [2.75, 3.05) is 13.6 Å². The minimum absolute atomic E-state index is 0.0306. The van der Waals surface area contributed by atoms with E-state index in [1.807, 2.05) is 19.9 Å². The molecule has 1 aromatic rings. The Kier molecular flexibility index (Phi) is 4.51. The molecule has 94 valence electrons. The van der Waals surface area contributed by atoms with Crippen LogP contribution in [0.1, 0.15) is 26.5 Å². The quantitative estimate of drug-likeness (QED) is 0.371. The van der Waals surface area contributed by atoms with Gasteiger partial charge >= 0.3 is 0 Å². The van der Waals surface area contributed by atoms with E-state index < -0.39 is 0 Å². The first-order chi connectivity index (χ1) is 7.95. The van der Waals surface area contributed by atoms with E-state index in [0.717, 1.165) is 15.3 Å². The Balaban J connectivity index is 2.64. The van der Waals surface area contributed by atoms with Crippen molar-refractivity contribution >= 4 is 23.1 Å². The van der Waals surface area contributed by atoms with Gasteiger partial charge in [-0.15, -0.1) is 11.3 Å². The summed E-state index contributed by atoms with van der Waals surface area (Å²) in [5, 5.41) is 11.3. The van der Waals surface area contributed by atoms with Crippen LogP contribution in [0.15, 0.2) is 11.2 Å². The number of nitrogens with two attached hydrogens (primary N) is 1. The van der Waals surface area contributed by atoms with Crippen molar-refractivity contribution in [2.24, 2.45) is 10.9 Å². The molecule has 0 unspecified atom stereocenters. The molecule has 1 rings (SSSR count). The minimum atomic E-state index is -0.0306. The highest BCUT2D eigenvalue weighted by molar-refractivity contribution is 7.14. The summed E-state index contributed by atoms with van der Waals surface area (Å²) in [6.45, 7) is 4.41. The smallest absolute Gasteiger partial charge is 0.263 e. The van der Waals surface area contributed by atoms with Crippen LogP contribution >= 0.6 is 11.3 Å². The summed E-state index contributed by atoms with van der Waals surface area (Å²) in [4.78, 5) is 15.5. The Morgan fingerprint density at radius 3 is 2.71 bits per heavy atom. The van der Waals surface area contributed by atoms with E-state index in [9.17, 15) is 4.79 Å². The van der Waals surface area contributed by atoms with Crippen LogP contribution < -0.4 is 5.73 Å². The Morgan fingerprint density at radius 1 is 1.59 bits per heavy atom. The average molecular weight is 255 g/mol. The zero-order chi connectivity index (χ0) is 13.0. The second-order valence-electron chi connectivity index (χ2n) is 3.92. The molecule has 17 heavy (non-hydrogen) atoms. The van der Waals surface area contributed by atoms with Crippen LogP contribution in [-0.2, 0) is 0 Å². The summed E-state index contributed by atoms with van der Waals surface area (Å²) in [5.41, 5.74) is 6.48. The summed E-state index contributed by atoms with van der Waals surface area (Å²) in [6.07, 6.45) is 0.363. The number of aryl methyl sites for hydroxylation is 2. The van der Waals surface area contributed by atoms with Crippen molar-refractivity contribution in [2.45, 2.75) is 20.3 Å². The predicted octanol–water partition coefficient (Wildman–Crippen LogP) is 1.57. The van der Waals surface area contributed by atoms with E-state index in [2.05, 4.69) is 5.16 Å². The predicted molar refractivity (Wildman–Crippen MR) is 68.8 cm³/mol. The molecule has 0 spiro atoms. The molecule has 0 aliphatic heterocycles. The molecule has 5 nitrogen and oxygen atoms in total. The first-order valence-corrected chi connectivity index (χ1v) is 6.06. The van der Waals surface area contributed by atoms with Gasteiger partial charge < -0.3 is 15.8 Å². The minimum Gasteiger partial charge on any atom is -0.409 e. The molecular formula is C11H17N3O2S. The highest BCUT2D eigenvalue weighted by atomic mass is 32.1. The molecular weight excluding hydrogens is 238 g/mol. The molecule has 0 bridgehead atoms. The van der Waals surface area contributed by atoms with Crippen molar-refractivity contribution in [3.8, 4) is 0 Å². The average Bonchev–Trinajstić information content (AvgIpc) is 2.65. The van der Waals surface area contributed by atoms with E-state index in [4.69, 9.17) is 10.9 Å². The number of carbonyl (C=O) groups is 1. The number of carbonyl (C=O) groups excluding carboxylic acids is 1. The van der Waals surface area contributed by atoms with Gasteiger partial charge in [0.2, 0.25) is 0 Å². The number of rotatable bonds is 4. The molecule has 1 aromatic heterocycles.